The molecule has 1 fully saturated rings. The summed E-state index contributed by atoms with van der Waals surface area (Å²) in [5.41, 5.74) is 2.32. The highest BCUT2D eigenvalue weighted by Crippen LogP contribution is 2.23. The quantitative estimate of drug-likeness (QED) is 0.714. The van der Waals surface area contributed by atoms with E-state index in [4.69, 9.17) is 5.26 Å². The number of nitrogens with one attached hydrogen (secondary N) is 1. The van der Waals surface area contributed by atoms with E-state index in [1.54, 1.807) is 35.2 Å². The minimum Gasteiger partial charge on any atom is -0.391 e. The summed E-state index contributed by atoms with van der Waals surface area (Å²) in [6, 6.07) is 9.60. The van der Waals surface area contributed by atoms with Gasteiger partial charge in [-0.3, -0.25) is 9.78 Å². The molecule has 0 radical (unpaired) electrons. The van der Waals surface area contributed by atoms with Gasteiger partial charge in [0.15, 0.2) is 0 Å². The van der Waals surface area contributed by atoms with E-state index in [1.165, 1.54) is 6.07 Å². The third-order valence-corrected chi connectivity index (χ3v) is 5.45. The van der Waals surface area contributed by atoms with Gasteiger partial charge in [0.1, 0.15) is 11.3 Å². The zero-order valence-electron chi connectivity index (χ0n) is 15.8. The molecule has 2 atom stereocenters. The van der Waals surface area contributed by atoms with Crippen LogP contribution in [-0.4, -0.2) is 32.7 Å². The number of benzene rings is 1. The Morgan fingerprint density at radius 1 is 1.34 bits per heavy atom. The molecule has 0 aliphatic heterocycles. The van der Waals surface area contributed by atoms with Crippen molar-refractivity contribution in [3.63, 3.8) is 0 Å². The number of nitriles is 1. The Labute approximate surface area is 167 Å². The molecule has 6 nitrogen and oxygen atoms in total. The topological polar surface area (TPSA) is 90.9 Å². The fourth-order valence-electron chi connectivity index (χ4n) is 3.87. The van der Waals surface area contributed by atoms with Crippen LogP contribution in [0.5, 0.6) is 0 Å². The Hall–Kier alpha value is -3.24. The summed E-state index contributed by atoms with van der Waals surface area (Å²) in [6.07, 6.45) is 6.10. The molecule has 1 aliphatic rings. The van der Waals surface area contributed by atoms with Gasteiger partial charge in [-0.15, -0.1) is 0 Å². The Morgan fingerprint density at radius 3 is 2.93 bits per heavy atom. The lowest BCUT2D eigenvalue weighted by Crippen LogP contribution is -2.45. The molecule has 0 spiro atoms. The first-order chi connectivity index (χ1) is 14.1. The van der Waals surface area contributed by atoms with Gasteiger partial charge in [0, 0.05) is 18.0 Å². The second-order valence-corrected chi connectivity index (χ2v) is 7.39. The Kier molecular flexibility index (Phi) is 5.28. The van der Waals surface area contributed by atoms with Crippen molar-refractivity contribution in [3.8, 4) is 6.07 Å². The maximum atomic E-state index is 14.4. The van der Waals surface area contributed by atoms with Gasteiger partial charge in [-0.25, -0.2) is 4.39 Å². The van der Waals surface area contributed by atoms with Crippen molar-refractivity contribution < 1.29 is 14.3 Å². The molecule has 3 aromatic rings. The molecule has 2 aromatic heterocycles. The number of rotatable bonds is 4. The maximum Gasteiger partial charge on any atom is 0.255 e. The van der Waals surface area contributed by atoms with Crippen molar-refractivity contribution in [1.82, 2.24) is 14.9 Å². The molecule has 2 heterocycles. The van der Waals surface area contributed by atoms with Crippen LogP contribution in [-0.2, 0) is 6.54 Å². The van der Waals surface area contributed by atoms with E-state index in [0.29, 0.717) is 28.6 Å². The number of halogens is 1. The molecule has 7 heteroatoms. The van der Waals surface area contributed by atoms with Crippen molar-refractivity contribution in [3.05, 3.63) is 65.2 Å². The van der Waals surface area contributed by atoms with Crippen LogP contribution in [0.3, 0.4) is 0 Å². The number of aliphatic hydroxyl groups excluding tert-OH is 1. The number of hydrogen-bond acceptors (Lipinski definition) is 4. The van der Waals surface area contributed by atoms with Crippen molar-refractivity contribution in [2.24, 2.45) is 0 Å². The number of amides is 1. The molecule has 1 saturated carbocycles. The van der Waals surface area contributed by atoms with Gasteiger partial charge in [0.2, 0.25) is 0 Å². The Morgan fingerprint density at radius 2 is 2.17 bits per heavy atom. The number of nitrogens with zero attached hydrogens (tertiary/aromatic N) is 3. The van der Waals surface area contributed by atoms with E-state index in [9.17, 15) is 14.3 Å². The lowest BCUT2D eigenvalue weighted by molar-refractivity contribution is 0.0718. The second kappa shape index (κ2) is 8.02. The van der Waals surface area contributed by atoms with Crippen LogP contribution in [0.1, 0.15) is 47.2 Å². The third-order valence-electron chi connectivity index (χ3n) is 5.45. The number of pyridine rings is 1. The van der Waals surface area contributed by atoms with Crippen LogP contribution in [0.15, 0.2) is 42.7 Å². The molecular weight excluding hydrogens is 371 g/mol. The monoisotopic (exact) mass is 392 g/mol. The summed E-state index contributed by atoms with van der Waals surface area (Å²) in [4.78, 5) is 17.2. The Bertz CT molecular complexity index is 1100. The molecule has 1 amide bonds. The lowest BCUT2D eigenvalue weighted by atomic mass is 9.92. The van der Waals surface area contributed by atoms with E-state index < -0.39 is 11.9 Å². The van der Waals surface area contributed by atoms with E-state index in [1.807, 2.05) is 12.1 Å². The van der Waals surface area contributed by atoms with Crippen LogP contribution in [0.4, 0.5) is 4.39 Å². The average molecular weight is 392 g/mol. The van der Waals surface area contributed by atoms with Gasteiger partial charge >= 0.3 is 0 Å². The highest BCUT2D eigenvalue weighted by atomic mass is 19.1. The fourth-order valence-corrected chi connectivity index (χ4v) is 3.87. The number of aromatic nitrogens is 2. The smallest absolute Gasteiger partial charge is 0.255 e. The van der Waals surface area contributed by atoms with Crippen LogP contribution in [0.2, 0.25) is 0 Å². The highest BCUT2D eigenvalue weighted by molar-refractivity contribution is 6.05. The zero-order chi connectivity index (χ0) is 20.4. The standard InChI is InChI=1S/C22H21FN4O2/c23-17-10-14(11-24)7-8-15(17)12-27-13-16(21-19(27)5-3-9-25-21)22(29)26-18-4-1-2-6-20(18)28/h3,5,7-10,13,18,20,28H,1-2,4,6,12H2,(H,26,29)/t18-,20-/m0/s1. The summed E-state index contributed by atoms with van der Waals surface area (Å²) in [5.74, 6) is -0.759. The number of hydrogen-bond donors (Lipinski definition) is 2. The third kappa shape index (κ3) is 3.84. The maximum absolute atomic E-state index is 14.4. The number of fused-ring (bicyclic) bond motifs is 1. The molecule has 4 rings (SSSR count). The van der Waals surface area contributed by atoms with Crippen molar-refractivity contribution in [1.29, 1.82) is 5.26 Å². The summed E-state index contributed by atoms with van der Waals surface area (Å²) >= 11 is 0. The molecule has 1 aliphatic carbocycles. The lowest BCUT2D eigenvalue weighted by Gasteiger charge is -2.28. The predicted octanol–water partition coefficient (Wildman–Crippen LogP) is 3.13. The van der Waals surface area contributed by atoms with Gasteiger partial charge in [-0.05, 0) is 37.1 Å². The number of carbonyl (C=O) groups excluding carboxylic acids is 1. The summed E-state index contributed by atoms with van der Waals surface area (Å²) in [5, 5.41) is 22.0. The van der Waals surface area contributed by atoms with Crippen molar-refractivity contribution in [2.45, 2.75) is 44.4 Å². The second-order valence-electron chi connectivity index (χ2n) is 7.39. The largest absolute Gasteiger partial charge is 0.391 e. The summed E-state index contributed by atoms with van der Waals surface area (Å²) in [7, 11) is 0. The molecule has 0 unspecified atom stereocenters. The van der Waals surface area contributed by atoms with Crippen LogP contribution >= 0.6 is 0 Å². The van der Waals surface area contributed by atoms with Crippen molar-refractivity contribution in [2.75, 3.05) is 0 Å². The van der Waals surface area contributed by atoms with E-state index in [2.05, 4.69) is 10.3 Å². The molecular formula is C22H21FN4O2. The van der Waals surface area contributed by atoms with E-state index >= 15 is 0 Å². The fraction of sp³-hybridized carbons (Fsp3) is 0.318. The average Bonchev–Trinajstić information content (AvgIpc) is 3.10. The first kappa shape index (κ1) is 19.1. The molecule has 2 N–H and O–H groups in total. The minimum atomic E-state index is -0.540. The minimum absolute atomic E-state index is 0.207. The first-order valence-corrected chi connectivity index (χ1v) is 9.68. The summed E-state index contributed by atoms with van der Waals surface area (Å²) < 4.78 is 16.1. The summed E-state index contributed by atoms with van der Waals surface area (Å²) in [6.45, 7) is 0.207. The zero-order valence-corrected chi connectivity index (χ0v) is 15.8. The van der Waals surface area contributed by atoms with Gasteiger partial charge in [0.25, 0.3) is 5.91 Å². The van der Waals surface area contributed by atoms with E-state index in [-0.39, 0.29) is 24.1 Å². The molecule has 148 valence electrons. The van der Waals surface area contributed by atoms with Crippen molar-refractivity contribution >= 4 is 16.9 Å². The molecule has 29 heavy (non-hydrogen) atoms. The number of aliphatic hydroxyl groups is 1. The van der Waals surface area contributed by atoms with E-state index in [0.717, 1.165) is 19.3 Å². The van der Waals surface area contributed by atoms with Crippen LogP contribution in [0, 0.1) is 17.1 Å². The number of carbonyl (C=O) groups is 1. The van der Waals surface area contributed by atoms with Crippen LogP contribution < -0.4 is 5.32 Å². The highest BCUT2D eigenvalue weighted by Gasteiger charge is 2.26. The Balaban J connectivity index is 1.65. The van der Waals surface area contributed by atoms with Crippen LogP contribution in [0.25, 0.3) is 11.0 Å². The first-order valence-electron chi connectivity index (χ1n) is 9.68. The van der Waals surface area contributed by atoms with Gasteiger partial charge < -0.3 is 15.0 Å². The molecule has 0 saturated heterocycles. The van der Waals surface area contributed by atoms with Gasteiger partial charge in [0.05, 0.1) is 41.4 Å². The van der Waals surface area contributed by atoms with Gasteiger partial charge in [-0.1, -0.05) is 18.9 Å². The van der Waals surface area contributed by atoms with Gasteiger partial charge in [-0.2, -0.15) is 5.26 Å². The predicted molar refractivity (Wildman–Crippen MR) is 106 cm³/mol. The molecule has 1 aromatic carbocycles. The normalized spacial score (nSPS) is 19.1. The SMILES string of the molecule is N#Cc1ccc(Cn2cc(C(=O)N[C@H]3CCCC[C@@H]3O)c3ncccc32)c(F)c1. The molecule has 0 bridgehead atoms.